The molecule has 6 aliphatic rings. The highest BCUT2D eigenvalue weighted by atomic mass is 127. The second kappa shape index (κ2) is 32.5. The van der Waals surface area contributed by atoms with E-state index in [0.29, 0.717) is 15.7 Å². The number of carbonyl (C=O) groups excluding carboxylic acids is 3. The molecule has 4 fully saturated rings. The van der Waals surface area contributed by atoms with Gasteiger partial charge in [-0.05, 0) is 88.4 Å². The average Bonchev–Trinajstić information content (AvgIpc) is 0.783. The largest absolute Gasteiger partial charge is 0.492 e. The van der Waals surface area contributed by atoms with Crippen molar-refractivity contribution in [2.45, 2.75) is 194 Å². The molecule has 90 heavy (non-hydrogen) atoms. The zero-order chi connectivity index (χ0) is 66.1. The summed E-state index contributed by atoms with van der Waals surface area (Å²) in [4.78, 5) is 59.7. The highest BCUT2D eigenvalue weighted by Gasteiger charge is 2.52. The van der Waals surface area contributed by atoms with Gasteiger partial charge in [0.25, 0.3) is 0 Å². The van der Waals surface area contributed by atoms with E-state index < -0.39 is 149 Å². The lowest BCUT2D eigenvalue weighted by molar-refractivity contribution is -0.336. The number of likely N-dealkylation sites (N-methyl/N-ethyl adjacent to an activating group) is 1. The first-order valence-corrected chi connectivity index (χ1v) is 33.1. The van der Waals surface area contributed by atoms with Crippen molar-refractivity contribution in [2.24, 2.45) is 5.73 Å². The van der Waals surface area contributed by atoms with Crippen LogP contribution in [0.2, 0.25) is 0 Å². The summed E-state index contributed by atoms with van der Waals surface area (Å²) in [5.74, 6) is 9.57. The fraction of sp³-hybridized carbons (Fsp3) is 0.661. The summed E-state index contributed by atoms with van der Waals surface area (Å²) in [6.45, 7) is 12.6. The number of hydrogen-bond donors (Lipinski definition) is 10. The quantitative estimate of drug-likeness (QED) is 0.0233. The number of carboxylic acids is 1. The lowest BCUT2D eigenvalue weighted by atomic mass is 9.75. The van der Waals surface area contributed by atoms with Crippen molar-refractivity contribution in [3.63, 3.8) is 0 Å². The van der Waals surface area contributed by atoms with Gasteiger partial charge in [0.2, 0.25) is 17.2 Å². The van der Waals surface area contributed by atoms with Gasteiger partial charge in [-0.1, -0.05) is 70.0 Å². The molecule has 7 rings (SSSR count). The highest BCUT2D eigenvalue weighted by molar-refractivity contribution is 14.1. The number of thioether (sulfide) groups is 1. The molecule has 4 saturated heterocycles. The van der Waals surface area contributed by atoms with Crippen LogP contribution in [0, 0.1) is 34.2 Å². The minimum Gasteiger partial charge on any atom is -0.492 e. The fourth-order valence-electron chi connectivity index (χ4n) is 11.0. The normalized spacial score (nSPS) is 34.5. The molecular weight excluding hydrogens is 1360 g/mol. The van der Waals surface area contributed by atoms with Gasteiger partial charge in [-0.3, -0.25) is 24.5 Å². The van der Waals surface area contributed by atoms with Crippen molar-refractivity contribution in [2.75, 3.05) is 54.5 Å². The van der Waals surface area contributed by atoms with Gasteiger partial charge in [0, 0.05) is 48.7 Å². The fourth-order valence-corrected chi connectivity index (χ4v) is 15.2. The Morgan fingerprint density at radius 2 is 1.60 bits per heavy atom. The van der Waals surface area contributed by atoms with Crippen LogP contribution in [0.1, 0.15) is 76.7 Å². The number of alkyl carbamates (subject to hydrolysis) is 1. The minimum atomic E-state index is -2.20. The molecule has 4 aliphatic heterocycles. The maximum Gasteiger partial charge on any atom is 0.411 e. The molecule has 4 heterocycles. The summed E-state index contributed by atoms with van der Waals surface area (Å²) < 4.78 is 71.6. The molecule has 0 unspecified atom stereocenters. The molecule has 1 aromatic carbocycles. The summed E-state index contributed by atoms with van der Waals surface area (Å²) in [6, 6.07) is -2.60. The molecule has 31 heteroatoms. The number of ether oxygens (including phenoxy) is 12. The summed E-state index contributed by atoms with van der Waals surface area (Å²) in [5.41, 5.74) is 6.75. The molecule has 0 aromatic heterocycles. The second-order valence-electron chi connectivity index (χ2n) is 22.3. The average molecular weight is 1440 g/mol. The monoisotopic (exact) mass is 1440 g/mol. The Morgan fingerprint density at radius 1 is 0.900 bits per heavy atom. The van der Waals surface area contributed by atoms with E-state index >= 15 is 0 Å². The third kappa shape index (κ3) is 16.8. The van der Waals surface area contributed by atoms with Gasteiger partial charge in [0.15, 0.2) is 41.8 Å². The summed E-state index contributed by atoms with van der Waals surface area (Å²) in [7, 11) is 9.08. The van der Waals surface area contributed by atoms with E-state index in [1.54, 1.807) is 54.7 Å². The van der Waals surface area contributed by atoms with Crippen LogP contribution in [0.25, 0.3) is 0 Å². The Labute approximate surface area is 548 Å². The van der Waals surface area contributed by atoms with Gasteiger partial charge in [0.05, 0.1) is 97.0 Å². The molecular formula is C59H81IN4O23S3. The number of aliphatic carboxylic acids is 1. The number of hydrogen-bond acceptors (Lipinski definition) is 28. The number of Topliss-reactive ketones (excluding diaryl/α,β-unsaturated/α-hetero) is 1. The van der Waals surface area contributed by atoms with E-state index in [4.69, 9.17) is 67.4 Å². The number of rotatable bonds is 24. The molecule has 500 valence electrons. The predicted molar refractivity (Wildman–Crippen MR) is 336 cm³/mol. The van der Waals surface area contributed by atoms with Gasteiger partial charge >= 0.3 is 12.1 Å². The topological polar surface area (TPSA) is 372 Å². The van der Waals surface area contributed by atoms with Crippen molar-refractivity contribution in [1.82, 2.24) is 16.1 Å². The standard InChI is InChI=1S/C59H81IN4O23S3/c1-13-62-31-25-80-36(23-35(31)75-8)85-49-44(68)41(27(3)82-56(49)84-34-18-16-14-15-17-20-59(74)24-33(66)42(63-57(73)79-12)39(34)30(59)19-21-88-90-58(6,7)52(61)53(70)71)64-87-37-22-32(65)51(29(5)81-37)89-54(72)38-26(2)40(60)47(50(78-11)46(38)76-9)86-55-45(69)48(77-10)43(67)28(4)83-55/h14-15,19,27-29,31-32,34-37,41,43-45,48-49,51-52,55-56,62,64-65,67-69,74H,13,21-25,61H2,1-12H3,(H,63,73)(H,70,71)/b15-14?,30-19+/t27-,28+,29-,31+,32+,34+,35+,36+,37+,41-,43+,44+,45-,48-,49-,51-,52-,55+,56+,59+/m1/s1. The Morgan fingerprint density at radius 3 is 2.24 bits per heavy atom. The summed E-state index contributed by atoms with van der Waals surface area (Å²) in [6.07, 6.45) is -14.9. The molecule has 1 aromatic rings. The molecule has 0 radical (unpaired) electrons. The van der Waals surface area contributed by atoms with Crippen molar-refractivity contribution in [1.29, 1.82) is 0 Å². The number of halogens is 1. The zero-order valence-corrected chi connectivity index (χ0v) is 56.4. The molecule has 11 N–H and O–H groups in total. The summed E-state index contributed by atoms with van der Waals surface area (Å²) in [5, 5.41) is 72.6. The first-order chi connectivity index (χ1) is 42.7. The third-order valence-electron chi connectivity index (χ3n) is 15.9. The number of nitrogens with two attached hydrogens (primary N) is 1. The van der Waals surface area contributed by atoms with Crippen LogP contribution in [0.15, 0.2) is 35.1 Å². The number of benzene rings is 1. The lowest BCUT2D eigenvalue weighted by Crippen LogP contribution is -2.65. The SMILES string of the molecule is CCN[C@H]1CO[C@@H](O[C@H]2[C@H](O[C@H]3C#CC=CC#C[C@]4(O)CC(=O)C(NC(=O)OC)=C3/C4=C\CSSC(C)(C)[C@H](N)C(=O)O)O[C@H](C)[C@@H](NO[C@H]3C[C@H](O)[C@H](SC(=O)c4c(C)c(I)c(O[C@@H]5O[C@@H](C)[C@H](O)[C@@H](OC)[C@H]5O)c(OC)c4OC)[C@@H](C)O3)[C@@H]2O)C[C@@H]1OC. The number of methoxy groups -OCH3 is 5. The number of allylic oxidation sites excluding steroid dienone is 3. The molecule has 1 amide bonds. The molecule has 0 saturated carbocycles. The van der Waals surface area contributed by atoms with Gasteiger partial charge in [-0.2, -0.15) is 5.48 Å². The van der Waals surface area contributed by atoms with Crippen LogP contribution in [0.3, 0.4) is 0 Å². The van der Waals surface area contributed by atoms with Crippen molar-refractivity contribution >= 4 is 78.9 Å². The molecule has 27 nitrogen and oxygen atoms in total. The number of nitrogens with one attached hydrogen (secondary N) is 3. The number of carboxylic acid groups (broad SMARTS) is 1. The number of fused-ring (bicyclic) bond motifs is 2. The van der Waals surface area contributed by atoms with Crippen molar-refractivity contribution in [3.8, 4) is 40.9 Å². The maximum absolute atomic E-state index is 14.5. The third-order valence-corrected chi connectivity index (χ3v) is 21.8. The van der Waals surface area contributed by atoms with Crippen LogP contribution in [-0.2, 0) is 57.1 Å². The molecule has 2 aliphatic carbocycles. The van der Waals surface area contributed by atoms with E-state index in [0.717, 1.165) is 18.9 Å². The smallest absolute Gasteiger partial charge is 0.411 e. The van der Waals surface area contributed by atoms with Gasteiger partial charge in [-0.15, -0.1) is 0 Å². The Bertz CT molecular complexity index is 2960. The van der Waals surface area contributed by atoms with Crippen LogP contribution in [0.5, 0.6) is 17.2 Å². The van der Waals surface area contributed by atoms with Crippen molar-refractivity contribution in [3.05, 3.63) is 49.8 Å². The second-order valence-corrected chi connectivity index (χ2v) is 27.6. The van der Waals surface area contributed by atoms with E-state index in [-0.39, 0.29) is 70.9 Å². The van der Waals surface area contributed by atoms with Gasteiger partial charge < -0.3 is 98.5 Å². The number of ketones is 1. The maximum atomic E-state index is 14.5. The predicted octanol–water partition coefficient (Wildman–Crippen LogP) is 2.11. The minimum absolute atomic E-state index is 0.00969. The molecule has 20 atom stereocenters. The number of hydroxylamine groups is 1. The lowest BCUT2D eigenvalue weighted by Gasteiger charge is -2.46. The highest BCUT2D eigenvalue weighted by Crippen LogP contribution is 2.49. The first kappa shape index (κ1) is 73.5. The number of carbonyl (C=O) groups is 4. The number of aliphatic hydroxyl groups is 5. The van der Waals surface area contributed by atoms with E-state index in [2.05, 4.69) is 39.8 Å². The van der Waals surface area contributed by atoms with Crippen LogP contribution in [-0.4, -0.2) is 234 Å². The first-order valence-electron chi connectivity index (χ1n) is 28.9. The van der Waals surface area contributed by atoms with Crippen molar-refractivity contribution < 1.29 is 111 Å². The summed E-state index contributed by atoms with van der Waals surface area (Å²) >= 11 is 2.79. The van der Waals surface area contributed by atoms with Gasteiger partial charge in [0.1, 0.15) is 42.7 Å². The molecule has 2 bridgehead atoms. The molecule has 0 spiro atoms. The Balaban J connectivity index is 1.14. The van der Waals surface area contributed by atoms with E-state index in [1.807, 2.05) is 29.5 Å². The zero-order valence-electron chi connectivity index (χ0n) is 51.7. The van der Waals surface area contributed by atoms with Crippen LogP contribution < -0.4 is 36.1 Å². The van der Waals surface area contributed by atoms with Crippen LogP contribution >= 0.6 is 55.9 Å². The number of aliphatic hydroxyl groups excluding tert-OH is 4. The van der Waals surface area contributed by atoms with Gasteiger partial charge in [-0.25, -0.2) is 4.79 Å². The number of amides is 1. The Hall–Kier alpha value is -3.86. The van der Waals surface area contributed by atoms with E-state index in [1.165, 1.54) is 55.1 Å². The van der Waals surface area contributed by atoms with Crippen LogP contribution in [0.4, 0.5) is 4.79 Å². The Kier molecular flexibility index (Phi) is 26.6. The van der Waals surface area contributed by atoms with E-state index in [9.17, 15) is 49.8 Å².